The van der Waals surface area contributed by atoms with Crippen LogP contribution in [0.1, 0.15) is 50.5 Å². The van der Waals surface area contributed by atoms with E-state index in [-0.39, 0.29) is 25.0 Å². The molecule has 0 bridgehead atoms. The fourth-order valence-electron chi connectivity index (χ4n) is 4.05. The van der Waals surface area contributed by atoms with Crippen LogP contribution in [-0.2, 0) is 49.6 Å². The Balaban J connectivity index is 3.34. The monoisotopic (exact) mass is 682 g/mol. The minimum Gasteiger partial charge on any atom is -0.508 e. The third-order valence-electron chi connectivity index (χ3n) is 6.60. The lowest BCUT2D eigenvalue weighted by Crippen LogP contribution is -2.59. The SMILES string of the molecule is NC(=O)CC[C@H](N)C(=O)N[C@@H](CC(=O)O)C(=O)N[C@@H](Cc1ccc(O)cc1)C(=O)N[C@@H](CCC(=O)O)C(=O)N[C@@H](CCC(=O)O)C(=O)O. The number of carbonyl (C=O) groups is 9. The van der Waals surface area contributed by atoms with Gasteiger partial charge in [0.05, 0.1) is 12.5 Å². The van der Waals surface area contributed by atoms with Gasteiger partial charge in [-0.25, -0.2) is 4.79 Å². The van der Waals surface area contributed by atoms with Gasteiger partial charge in [0.1, 0.15) is 29.9 Å². The zero-order chi connectivity index (χ0) is 36.6. The summed E-state index contributed by atoms with van der Waals surface area (Å²) in [5.41, 5.74) is 11.1. The minimum atomic E-state index is -1.80. The van der Waals surface area contributed by atoms with E-state index in [0.29, 0.717) is 5.56 Å². The summed E-state index contributed by atoms with van der Waals surface area (Å²) in [6.07, 6.45) is -4.30. The highest BCUT2D eigenvalue weighted by Crippen LogP contribution is 2.13. The van der Waals surface area contributed by atoms with Crippen LogP contribution < -0.4 is 32.7 Å². The summed E-state index contributed by atoms with van der Waals surface area (Å²) in [5.74, 6) is -11.3. The molecule has 20 nitrogen and oxygen atoms in total. The average molecular weight is 683 g/mol. The number of amides is 5. The van der Waals surface area contributed by atoms with Crippen LogP contribution in [0.15, 0.2) is 24.3 Å². The second-order valence-electron chi connectivity index (χ2n) is 10.5. The number of primary amides is 1. The number of nitrogens with two attached hydrogens (primary N) is 2. The first-order valence-corrected chi connectivity index (χ1v) is 14.3. The zero-order valence-corrected chi connectivity index (χ0v) is 25.4. The van der Waals surface area contributed by atoms with Crippen molar-refractivity contribution in [2.75, 3.05) is 0 Å². The highest BCUT2D eigenvalue weighted by molar-refractivity contribution is 5.97. The number of phenolic OH excluding ortho intramolecular Hbond substituents is 1. The normalized spacial score (nSPS) is 13.8. The summed E-state index contributed by atoms with van der Waals surface area (Å²) >= 11 is 0. The maximum Gasteiger partial charge on any atom is 0.326 e. The molecule has 0 heterocycles. The van der Waals surface area contributed by atoms with Gasteiger partial charge in [0.15, 0.2) is 0 Å². The van der Waals surface area contributed by atoms with Gasteiger partial charge in [-0.3, -0.25) is 38.4 Å². The molecule has 20 heteroatoms. The van der Waals surface area contributed by atoms with Crippen LogP contribution in [0.2, 0.25) is 0 Å². The second-order valence-corrected chi connectivity index (χ2v) is 10.5. The van der Waals surface area contributed by atoms with Gasteiger partial charge in [-0.1, -0.05) is 12.1 Å². The summed E-state index contributed by atoms with van der Waals surface area (Å²) in [4.78, 5) is 109. The number of aromatic hydroxyl groups is 1. The van der Waals surface area contributed by atoms with Crippen LogP contribution in [0.25, 0.3) is 0 Å². The van der Waals surface area contributed by atoms with E-state index in [4.69, 9.17) is 21.7 Å². The molecule has 264 valence electrons. The lowest BCUT2D eigenvalue weighted by molar-refractivity contribution is -0.144. The molecule has 5 atom stereocenters. The van der Waals surface area contributed by atoms with Crippen molar-refractivity contribution in [3.05, 3.63) is 29.8 Å². The molecule has 0 aromatic heterocycles. The van der Waals surface area contributed by atoms with E-state index in [1.807, 2.05) is 5.32 Å². The predicted octanol–water partition coefficient (Wildman–Crippen LogP) is -3.24. The Hall–Kier alpha value is -5.79. The molecule has 0 aliphatic heterocycles. The van der Waals surface area contributed by atoms with Crippen LogP contribution in [0.3, 0.4) is 0 Å². The van der Waals surface area contributed by atoms with E-state index in [2.05, 4.69) is 16.0 Å². The number of hydrogen-bond acceptors (Lipinski definition) is 11. The summed E-state index contributed by atoms with van der Waals surface area (Å²) in [5, 5.41) is 55.0. The van der Waals surface area contributed by atoms with Crippen molar-refractivity contribution in [1.82, 2.24) is 21.3 Å². The van der Waals surface area contributed by atoms with Gasteiger partial charge in [0.25, 0.3) is 0 Å². The van der Waals surface area contributed by atoms with Crippen LogP contribution in [-0.4, -0.2) is 109 Å². The lowest BCUT2D eigenvalue weighted by Gasteiger charge is -2.26. The number of aliphatic carboxylic acids is 4. The summed E-state index contributed by atoms with van der Waals surface area (Å²) in [6.45, 7) is 0. The van der Waals surface area contributed by atoms with Gasteiger partial charge in [-0.2, -0.15) is 0 Å². The Morgan fingerprint density at radius 2 is 1.04 bits per heavy atom. The maximum absolute atomic E-state index is 13.5. The highest BCUT2D eigenvalue weighted by Gasteiger charge is 2.33. The van der Waals surface area contributed by atoms with Crippen LogP contribution >= 0.6 is 0 Å². The molecule has 1 aromatic rings. The van der Waals surface area contributed by atoms with E-state index >= 15 is 0 Å². The fraction of sp³-hybridized carbons (Fsp3) is 0.464. The number of carboxylic acid groups (broad SMARTS) is 4. The van der Waals surface area contributed by atoms with Gasteiger partial charge in [-0.15, -0.1) is 0 Å². The number of benzene rings is 1. The van der Waals surface area contributed by atoms with Gasteiger partial charge in [0.2, 0.25) is 29.5 Å². The van der Waals surface area contributed by atoms with Gasteiger partial charge in [0, 0.05) is 25.7 Å². The van der Waals surface area contributed by atoms with Crippen molar-refractivity contribution in [3.8, 4) is 5.75 Å². The largest absolute Gasteiger partial charge is 0.508 e. The first-order chi connectivity index (χ1) is 22.4. The molecule has 1 rings (SSSR count). The smallest absolute Gasteiger partial charge is 0.326 e. The number of hydrogen-bond donors (Lipinski definition) is 11. The van der Waals surface area contributed by atoms with E-state index < -0.39 is 116 Å². The van der Waals surface area contributed by atoms with E-state index in [9.17, 15) is 58.5 Å². The fourth-order valence-corrected chi connectivity index (χ4v) is 4.05. The highest BCUT2D eigenvalue weighted by atomic mass is 16.4. The number of carboxylic acids is 4. The number of rotatable bonds is 22. The molecule has 5 amide bonds. The Bertz CT molecular complexity index is 1370. The van der Waals surface area contributed by atoms with Gasteiger partial charge >= 0.3 is 23.9 Å². The molecule has 0 spiro atoms. The zero-order valence-electron chi connectivity index (χ0n) is 25.4. The van der Waals surface area contributed by atoms with Crippen LogP contribution in [0, 0.1) is 0 Å². The molecule has 0 saturated heterocycles. The number of phenols is 1. The Morgan fingerprint density at radius 1 is 0.583 bits per heavy atom. The molecule has 1 aromatic carbocycles. The van der Waals surface area contributed by atoms with Gasteiger partial charge < -0.3 is 58.3 Å². The molecular weight excluding hydrogens is 644 g/mol. The summed E-state index contributed by atoms with van der Waals surface area (Å²) < 4.78 is 0. The molecule has 0 radical (unpaired) electrons. The van der Waals surface area contributed by atoms with Crippen LogP contribution in [0.5, 0.6) is 5.75 Å². The Morgan fingerprint density at radius 3 is 1.54 bits per heavy atom. The van der Waals surface area contributed by atoms with E-state index in [1.54, 1.807) is 0 Å². The van der Waals surface area contributed by atoms with Crippen molar-refractivity contribution in [1.29, 1.82) is 0 Å². The molecule has 48 heavy (non-hydrogen) atoms. The Kier molecular flexibility index (Phi) is 16.5. The minimum absolute atomic E-state index is 0.151. The molecule has 0 aliphatic rings. The van der Waals surface area contributed by atoms with Crippen LogP contribution in [0.4, 0.5) is 0 Å². The predicted molar refractivity (Wildman–Crippen MR) is 160 cm³/mol. The molecule has 0 unspecified atom stereocenters. The molecular formula is C28H38N6O14. The molecule has 0 saturated carbocycles. The second kappa shape index (κ2) is 19.7. The third-order valence-corrected chi connectivity index (χ3v) is 6.60. The molecule has 0 fully saturated rings. The number of nitrogens with one attached hydrogen (secondary N) is 4. The lowest BCUT2D eigenvalue weighted by atomic mass is 10.0. The topological polar surface area (TPSA) is 355 Å². The molecule has 13 N–H and O–H groups in total. The Labute approximate surface area is 272 Å². The molecule has 0 aliphatic carbocycles. The number of carbonyl (C=O) groups excluding carboxylic acids is 5. The van der Waals surface area contributed by atoms with Crippen molar-refractivity contribution in [2.45, 2.75) is 81.6 Å². The summed E-state index contributed by atoms with van der Waals surface area (Å²) in [7, 11) is 0. The first-order valence-electron chi connectivity index (χ1n) is 14.3. The summed E-state index contributed by atoms with van der Waals surface area (Å²) in [6, 6.07) is -3.01. The average Bonchev–Trinajstić information content (AvgIpc) is 2.99. The maximum atomic E-state index is 13.5. The van der Waals surface area contributed by atoms with Crippen molar-refractivity contribution in [2.24, 2.45) is 11.5 Å². The van der Waals surface area contributed by atoms with Crippen molar-refractivity contribution >= 4 is 53.4 Å². The standard InChI is InChI=1S/C28H38N6O14/c29-15(5-8-20(30)36)24(43)33-19(12-23(41)42)27(46)34-18(11-13-1-3-14(35)4-2-13)26(45)31-16(6-9-21(37)38)25(44)32-17(28(47)48)7-10-22(39)40/h1-4,15-19,35H,5-12,29H2,(H2,30,36)(H,31,45)(H,32,44)(H,33,43)(H,34,46)(H,37,38)(H,39,40)(H,41,42)(H,47,48)/t15-,16-,17-,18-,19-/m0/s1. The van der Waals surface area contributed by atoms with Gasteiger partial charge in [-0.05, 0) is 37.0 Å². The van der Waals surface area contributed by atoms with Crippen molar-refractivity contribution < 1.29 is 68.7 Å². The first kappa shape index (κ1) is 40.2. The quantitative estimate of drug-likeness (QED) is 0.0572. The van der Waals surface area contributed by atoms with E-state index in [0.717, 1.165) is 0 Å². The van der Waals surface area contributed by atoms with E-state index in [1.165, 1.54) is 24.3 Å². The third kappa shape index (κ3) is 15.5. The van der Waals surface area contributed by atoms with Crippen molar-refractivity contribution in [3.63, 3.8) is 0 Å².